The number of ketones is 3. The van der Waals surface area contributed by atoms with Gasteiger partial charge in [0.1, 0.15) is 28.9 Å². The average molecular weight is 525 g/mol. The number of carbonyl (C=O) groups is 4. The fraction of sp³-hybridized carbons (Fsp3) is 0.517. The van der Waals surface area contributed by atoms with Crippen LogP contribution in [0.2, 0.25) is 0 Å². The molecule has 0 heterocycles. The van der Waals surface area contributed by atoms with Gasteiger partial charge in [-0.25, -0.2) is 0 Å². The normalized spacial score (nSPS) is 35.1. The quantitative estimate of drug-likeness (QED) is 0.342. The molecule has 0 bridgehead atoms. The molecule has 2 fully saturated rings. The molecule has 0 aromatic heterocycles. The Labute approximate surface area is 219 Å². The van der Waals surface area contributed by atoms with Gasteiger partial charge in [0, 0.05) is 11.8 Å². The van der Waals surface area contributed by atoms with Crippen molar-refractivity contribution in [2.24, 2.45) is 16.7 Å². The lowest BCUT2D eigenvalue weighted by Crippen LogP contribution is -2.73. The van der Waals surface area contributed by atoms with Crippen LogP contribution in [-0.4, -0.2) is 55.5 Å². The lowest BCUT2D eigenvalue weighted by molar-refractivity contribution is -0.214. The SMILES string of the molecule is CC(=O)C1=C(O)[C@]2(O)C(=O)C3=C(O)c4c(O)cccc4[C@@H](C)[C@]3(C)[C@@H](OC(=O)C3CCCC3)[C@]2(C)CC1=O. The predicted octanol–water partition coefficient (Wildman–Crippen LogP) is 3.58. The molecular weight excluding hydrogens is 492 g/mol. The largest absolute Gasteiger partial charge is 0.508 e. The maximum atomic E-state index is 14.3. The summed E-state index contributed by atoms with van der Waals surface area (Å²) in [6.07, 6.45) is 0.996. The summed E-state index contributed by atoms with van der Waals surface area (Å²) in [6, 6.07) is 4.62. The summed E-state index contributed by atoms with van der Waals surface area (Å²) in [7, 11) is 0. The van der Waals surface area contributed by atoms with Crippen molar-refractivity contribution in [1.82, 2.24) is 0 Å². The summed E-state index contributed by atoms with van der Waals surface area (Å²) in [5, 5.41) is 45.4. The Morgan fingerprint density at radius 1 is 1.05 bits per heavy atom. The number of esters is 1. The molecule has 4 aliphatic carbocycles. The first-order chi connectivity index (χ1) is 17.7. The van der Waals surface area contributed by atoms with E-state index in [1.807, 2.05) is 0 Å². The van der Waals surface area contributed by atoms with Crippen LogP contribution >= 0.6 is 0 Å². The summed E-state index contributed by atoms with van der Waals surface area (Å²) in [5.74, 6) is -6.34. The molecule has 202 valence electrons. The van der Waals surface area contributed by atoms with E-state index >= 15 is 0 Å². The number of allylic oxidation sites excluding steroid dienone is 1. The number of ether oxygens (including phenoxy) is 1. The van der Waals surface area contributed by atoms with Gasteiger partial charge in [-0.05, 0) is 37.3 Å². The van der Waals surface area contributed by atoms with E-state index in [1.54, 1.807) is 26.0 Å². The number of carbonyl (C=O) groups excluding carboxylic acids is 4. The van der Waals surface area contributed by atoms with Gasteiger partial charge in [-0.3, -0.25) is 19.2 Å². The van der Waals surface area contributed by atoms with Crippen LogP contribution in [0.5, 0.6) is 5.75 Å². The number of hydrogen-bond acceptors (Lipinski definition) is 9. The highest BCUT2D eigenvalue weighted by molar-refractivity contribution is 6.23. The summed E-state index contributed by atoms with van der Waals surface area (Å²) in [6.45, 7) is 5.81. The standard InChI is InChI=1S/C29H32O9/c1-13-16-10-7-11-17(31)20(16)22(33)21-24(35)29(37)23(34)19(14(2)30)18(32)12-27(29,3)26(28(13,21)4)38-25(36)15-8-5-6-9-15/h7,10-11,13,15,26,31,33-34,37H,5-6,8-9,12H2,1-4H3/t13-,26+,27+,28+,29+/m1/s1. The minimum Gasteiger partial charge on any atom is -0.508 e. The molecule has 9 heteroatoms. The van der Waals surface area contributed by atoms with Crippen LogP contribution in [-0.2, 0) is 23.9 Å². The van der Waals surface area contributed by atoms with Crippen LogP contribution in [0.3, 0.4) is 0 Å². The molecule has 4 N–H and O–H groups in total. The van der Waals surface area contributed by atoms with Gasteiger partial charge in [-0.1, -0.05) is 45.7 Å². The number of phenols is 1. The van der Waals surface area contributed by atoms with Crippen LogP contribution in [0.1, 0.15) is 76.8 Å². The molecule has 0 spiro atoms. The van der Waals surface area contributed by atoms with E-state index in [0.717, 1.165) is 19.8 Å². The van der Waals surface area contributed by atoms with E-state index in [1.165, 1.54) is 13.0 Å². The molecule has 1 aromatic carbocycles. The lowest BCUT2D eigenvalue weighted by atomic mass is 9.44. The third kappa shape index (κ3) is 3.02. The lowest BCUT2D eigenvalue weighted by Gasteiger charge is -2.61. The van der Waals surface area contributed by atoms with Gasteiger partial charge in [0.2, 0.25) is 5.78 Å². The van der Waals surface area contributed by atoms with Crippen molar-refractivity contribution >= 4 is 29.1 Å². The van der Waals surface area contributed by atoms with Crippen LogP contribution in [0.4, 0.5) is 0 Å². The monoisotopic (exact) mass is 524 g/mol. The Kier molecular flexibility index (Phi) is 5.69. The van der Waals surface area contributed by atoms with Gasteiger partial charge in [0.05, 0.1) is 22.5 Å². The molecule has 2 saturated carbocycles. The number of fused-ring (bicyclic) bond motifs is 3. The fourth-order valence-corrected chi connectivity index (χ4v) is 7.42. The number of hydrogen-bond donors (Lipinski definition) is 4. The minimum atomic E-state index is -2.85. The molecule has 0 unspecified atom stereocenters. The summed E-state index contributed by atoms with van der Waals surface area (Å²) < 4.78 is 6.16. The van der Waals surface area contributed by atoms with Crippen molar-refractivity contribution in [2.45, 2.75) is 77.4 Å². The number of aliphatic hydroxyl groups is 3. The molecular formula is C29H32O9. The van der Waals surface area contributed by atoms with Gasteiger partial charge >= 0.3 is 5.97 Å². The Bertz CT molecular complexity index is 1360. The summed E-state index contributed by atoms with van der Waals surface area (Å²) >= 11 is 0. The van der Waals surface area contributed by atoms with Gasteiger partial charge in [0.15, 0.2) is 17.2 Å². The molecule has 5 rings (SSSR count). The third-order valence-electron chi connectivity index (χ3n) is 9.62. The number of phenolic OH excluding ortho intramolecular Hbond substituents is 1. The van der Waals surface area contributed by atoms with Gasteiger partial charge in [-0.2, -0.15) is 0 Å². The van der Waals surface area contributed by atoms with Crippen LogP contribution in [0, 0.1) is 16.7 Å². The van der Waals surface area contributed by atoms with Gasteiger partial charge in [-0.15, -0.1) is 0 Å². The number of aromatic hydroxyl groups is 1. The first kappa shape index (κ1) is 26.2. The van der Waals surface area contributed by atoms with E-state index in [0.29, 0.717) is 18.4 Å². The van der Waals surface area contributed by atoms with Crippen molar-refractivity contribution < 1.29 is 44.3 Å². The molecule has 4 aliphatic rings. The maximum Gasteiger partial charge on any atom is 0.309 e. The highest BCUT2D eigenvalue weighted by atomic mass is 16.5. The second kappa shape index (κ2) is 8.27. The second-order valence-electron chi connectivity index (χ2n) is 11.6. The smallest absolute Gasteiger partial charge is 0.309 e. The van der Waals surface area contributed by atoms with Crippen molar-refractivity contribution in [1.29, 1.82) is 0 Å². The molecule has 1 aromatic rings. The van der Waals surface area contributed by atoms with Crippen LogP contribution < -0.4 is 0 Å². The van der Waals surface area contributed by atoms with Crippen LogP contribution in [0.15, 0.2) is 35.1 Å². The van der Waals surface area contributed by atoms with Crippen LogP contribution in [0.25, 0.3) is 5.76 Å². The van der Waals surface area contributed by atoms with Crippen molar-refractivity contribution in [3.05, 3.63) is 46.2 Å². The Morgan fingerprint density at radius 2 is 1.68 bits per heavy atom. The van der Waals surface area contributed by atoms with E-state index in [-0.39, 0.29) is 16.9 Å². The highest BCUT2D eigenvalue weighted by Gasteiger charge is 2.75. The number of aliphatic hydroxyl groups excluding tert-OH is 2. The van der Waals surface area contributed by atoms with Crippen molar-refractivity contribution in [3.8, 4) is 5.75 Å². The minimum absolute atomic E-state index is 0.00366. The molecule has 0 saturated heterocycles. The maximum absolute atomic E-state index is 14.3. The number of benzene rings is 1. The first-order valence-electron chi connectivity index (χ1n) is 12.9. The molecule has 0 amide bonds. The fourth-order valence-electron chi connectivity index (χ4n) is 7.42. The number of Topliss-reactive ketones (excluding diaryl/α,β-unsaturated/α-hetero) is 3. The topological polar surface area (TPSA) is 158 Å². The summed E-state index contributed by atoms with van der Waals surface area (Å²) in [4.78, 5) is 53.2. The zero-order valence-electron chi connectivity index (χ0n) is 21.8. The molecule has 0 radical (unpaired) electrons. The zero-order valence-corrected chi connectivity index (χ0v) is 21.8. The Balaban J connectivity index is 1.84. The molecule has 5 atom stereocenters. The summed E-state index contributed by atoms with van der Waals surface area (Å²) in [5.41, 5.74) is -6.75. The van der Waals surface area contributed by atoms with Gasteiger partial charge < -0.3 is 25.2 Å². The van der Waals surface area contributed by atoms with E-state index in [4.69, 9.17) is 4.74 Å². The average Bonchev–Trinajstić information content (AvgIpc) is 3.38. The zero-order chi connectivity index (χ0) is 27.9. The van der Waals surface area contributed by atoms with E-state index < -0.39 is 81.2 Å². The van der Waals surface area contributed by atoms with E-state index in [2.05, 4.69) is 0 Å². The molecule has 38 heavy (non-hydrogen) atoms. The molecule has 0 aliphatic heterocycles. The highest BCUT2D eigenvalue weighted by Crippen LogP contribution is 2.66. The third-order valence-corrected chi connectivity index (χ3v) is 9.62. The second-order valence-corrected chi connectivity index (χ2v) is 11.6. The predicted molar refractivity (Wildman–Crippen MR) is 134 cm³/mol. The van der Waals surface area contributed by atoms with E-state index in [9.17, 15) is 39.6 Å². The first-order valence-corrected chi connectivity index (χ1v) is 12.9. The Morgan fingerprint density at radius 3 is 2.29 bits per heavy atom. The van der Waals surface area contributed by atoms with Crippen molar-refractivity contribution in [3.63, 3.8) is 0 Å². The Hall–Kier alpha value is -3.46. The van der Waals surface area contributed by atoms with Gasteiger partial charge in [0.25, 0.3) is 0 Å². The number of rotatable bonds is 3. The molecule has 9 nitrogen and oxygen atoms in total. The van der Waals surface area contributed by atoms with Crippen molar-refractivity contribution in [2.75, 3.05) is 0 Å².